The molecule has 2 aromatic carbocycles. The molecule has 2 aliphatic rings. The van der Waals surface area contributed by atoms with Crippen LogP contribution in [0.3, 0.4) is 0 Å². The van der Waals surface area contributed by atoms with Crippen LogP contribution in [-0.4, -0.2) is 66.6 Å². The first kappa shape index (κ1) is 32.6. The predicted molar refractivity (Wildman–Crippen MR) is 165 cm³/mol. The van der Waals surface area contributed by atoms with E-state index in [1.54, 1.807) is 4.90 Å². The number of carbonyl (C=O) groups is 2. The lowest BCUT2D eigenvalue weighted by Gasteiger charge is -2.45. The molecule has 0 bridgehead atoms. The molecule has 2 aliphatic carbocycles. The molecule has 9 nitrogen and oxygen atoms in total. The first-order valence-electron chi connectivity index (χ1n) is 15.7. The predicted octanol–water partition coefficient (Wildman–Crippen LogP) is 6.54. The standard InChI is InChI=1S/C34H48N2O7/c1-7-40-27-20-34(21-27,32(37)38)35-33(39)36(17-18-43-24(6)25-13-11-10-12-14-25)23(5)28-19-29(41-8-2)30(26-15-16-26)31(22(28)4)42-9-3/h10-14,19,23-24,26-27H,7-9,15-18,20-21H2,1-6H3,(H,35,39)(H,37,38)/t23-,24+,27?,34?/m1/s1. The van der Waals surface area contributed by atoms with Crippen LogP contribution in [0.1, 0.15) is 101 Å². The molecule has 0 spiro atoms. The summed E-state index contributed by atoms with van der Waals surface area (Å²) in [6, 6.07) is 11.1. The molecule has 9 heteroatoms. The van der Waals surface area contributed by atoms with E-state index in [0.29, 0.717) is 25.7 Å². The zero-order chi connectivity index (χ0) is 31.1. The van der Waals surface area contributed by atoms with Crippen LogP contribution in [0, 0.1) is 6.92 Å². The van der Waals surface area contributed by atoms with Crippen LogP contribution in [0.25, 0.3) is 0 Å². The third kappa shape index (κ3) is 7.44. The van der Waals surface area contributed by atoms with Gasteiger partial charge in [-0.1, -0.05) is 30.3 Å². The van der Waals surface area contributed by atoms with Crippen molar-refractivity contribution in [1.29, 1.82) is 0 Å². The summed E-state index contributed by atoms with van der Waals surface area (Å²) >= 11 is 0. The zero-order valence-electron chi connectivity index (χ0n) is 26.5. The van der Waals surface area contributed by atoms with Gasteiger partial charge in [-0.25, -0.2) is 9.59 Å². The second-order valence-corrected chi connectivity index (χ2v) is 11.6. The highest BCUT2D eigenvalue weighted by atomic mass is 16.5. The monoisotopic (exact) mass is 596 g/mol. The number of aliphatic carboxylic acids is 1. The zero-order valence-corrected chi connectivity index (χ0v) is 26.5. The summed E-state index contributed by atoms with van der Waals surface area (Å²) in [6.07, 6.45) is 2.29. The minimum Gasteiger partial charge on any atom is -0.493 e. The Balaban J connectivity index is 1.64. The molecule has 43 heavy (non-hydrogen) atoms. The second-order valence-electron chi connectivity index (χ2n) is 11.6. The number of urea groups is 1. The molecular formula is C34H48N2O7. The molecule has 0 aromatic heterocycles. The fourth-order valence-corrected chi connectivity index (χ4v) is 6.03. The highest BCUT2D eigenvalue weighted by molar-refractivity contribution is 5.87. The molecule has 0 aliphatic heterocycles. The average molecular weight is 597 g/mol. The lowest BCUT2D eigenvalue weighted by molar-refractivity contribution is -0.156. The minimum atomic E-state index is -1.37. The number of rotatable bonds is 16. The van der Waals surface area contributed by atoms with E-state index in [4.69, 9.17) is 18.9 Å². The maximum Gasteiger partial charge on any atom is 0.329 e. The van der Waals surface area contributed by atoms with Gasteiger partial charge in [-0.3, -0.25) is 0 Å². The van der Waals surface area contributed by atoms with E-state index in [-0.39, 0.29) is 38.2 Å². The number of carboxylic acid groups (broad SMARTS) is 1. The van der Waals surface area contributed by atoms with Gasteiger partial charge in [-0.05, 0) is 83.1 Å². The first-order valence-corrected chi connectivity index (χ1v) is 15.7. The Hall–Kier alpha value is -3.30. The summed E-state index contributed by atoms with van der Waals surface area (Å²) in [5.41, 5.74) is 2.64. The molecule has 236 valence electrons. The van der Waals surface area contributed by atoms with Crippen molar-refractivity contribution in [3.63, 3.8) is 0 Å². The van der Waals surface area contributed by atoms with E-state index in [0.717, 1.165) is 46.6 Å². The number of carboxylic acids is 1. The van der Waals surface area contributed by atoms with Crippen molar-refractivity contribution in [1.82, 2.24) is 10.2 Å². The summed E-state index contributed by atoms with van der Waals surface area (Å²) in [6.45, 7) is 13.8. The van der Waals surface area contributed by atoms with E-state index in [1.165, 1.54) is 0 Å². The van der Waals surface area contributed by atoms with E-state index in [2.05, 4.69) is 5.32 Å². The van der Waals surface area contributed by atoms with Gasteiger partial charge in [-0.15, -0.1) is 0 Å². The molecule has 4 rings (SSSR count). The van der Waals surface area contributed by atoms with Crippen LogP contribution >= 0.6 is 0 Å². The van der Waals surface area contributed by atoms with Gasteiger partial charge in [0, 0.05) is 31.6 Å². The fraction of sp³-hybridized carbons (Fsp3) is 0.588. The highest BCUT2D eigenvalue weighted by Gasteiger charge is 2.53. The van der Waals surface area contributed by atoms with E-state index < -0.39 is 23.6 Å². The van der Waals surface area contributed by atoms with E-state index in [1.807, 2.05) is 77.9 Å². The molecule has 2 atom stereocenters. The van der Waals surface area contributed by atoms with E-state index in [9.17, 15) is 14.7 Å². The quantitative estimate of drug-likeness (QED) is 0.227. The largest absolute Gasteiger partial charge is 0.493 e. The Morgan fingerprint density at radius 3 is 2.30 bits per heavy atom. The number of nitrogens with one attached hydrogen (secondary N) is 1. The Morgan fingerprint density at radius 1 is 1.05 bits per heavy atom. The van der Waals surface area contributed by atoms with Gasteiger partial charge in [0.2, 0.25) is 0 Å². The van der Waals surface area contributed by atoms with Crippen LogP contribution in [0.2, 0.25) is 0 Å². The Kier molecular flexibility index (Phi) is 11.0. The van der Waals surface area contributed by atoms with Crippen LogP contribution in [0.4, 0.5) is 4.79 Å². The van der Waals surface area contributed by atoms with Crippen molar-refractivity contribution in [3.05, 3.63) is 58.7 Å². The smallest absolute Gasteiger partial charge is 0.329 e. The van der Waals surface area contributed by atoms with Gasteiger partial charge in [0.15, 0.2) is 0 Å². The van der Waals surface area contributed by atoms with Crippen molar-refractivity contribution in [2.24, 2.45) is 0 Å². The average Bonchev–Trinajstić information content (AvgIpc) is 3.81. The molecule has 2 N–H and O–H groups in total. The van der Waals surface area contributed by atoms with Gasteiger partial charge in [0.05, 0.1) is 38.1 Å². The van der Waals surface area contributed by atoms with Crippen LogP contribution in [0.15, 0.2) is 36.4 Å². The summed E-state index contributed by atoms with van der Waals surface area (Å²) in [5, 5.41) is 13.0. The molecule has 0 heterocycles. The molecule has 2 fully saturated rings. The van der Waals surface area contributed by atoms with Gasteiger partial charge >= 0.3 is 12.0 Å². The number of benzene rings is 2. The minimum absolute atomic E-state index is 0.168. The van der Waals surface area contributed by atoms with Crippen molar-refractivity contribution in [3.8, 4) is 11.5 Å². The van der Waals surface area contributed by atoms with Crippen molar-refractivity contribution in [2.75, 3.05) is 33.0 Å². The third-order valence-corrected chi connectivity index (χ3v) is 8.60. The maximum atomic E-state index is 14.0. The summed E-state index contributed by atoms with van der Waals surface area (Å²) in [7, 11) is 0. The van der Waals surface area contributed by atoms with Gasteiger partial charge in [0.1, 0.15) is 17.0 Å². The maximum absolute atomic E-state index is 14.0. The number of hydrogen-bond donors (Lipinski definition) is 2. The van der Waals surface area contributed by atoms with Crippen molar-refractivity contribution >= 4 is 12.0 Å². The third-order valence-electron chi connectivity index (χ3n) is 8.60. The number of amides is 2. The molecule has 2 aromatic rings. The molecule has 0 saturated heterocycles. The van der Waals surface area contributed by atoms with Gasteiger partial charge in [-0.2, -0.15) is 0 Å². The highest BCUT2D eigenvalue weighted by Crippen LogP contribution is 2.51. The topological polar surface area (TPSA) is 107 Å². The lowest BCUT2D eigenvalue weighted by Crippen LogP contribution is -2.66. The Labute approximate surface area is 255 Å². The number of carbonyl (C=O) groups excluding carboxylic acids is 1. The number of nitrogens with zero attached hydrogens (tertiary/aromatic N) is 1. The Morgan fingerprint density at radius 2 is 1.72 bits per heavy atom. The summed E-state index contributed by atoms with van der Waals surface area (Å²) in [4.78, 5) is 28.0. The SMILES string of the molecule is CCOc1cc([C@@H](C)N(CCO[C@@H](C)c2ccccc2)C(=O)NC2(C(=O)O)CC(OCC)C2)c(C)c(OCC)c1C1CC1. The molecular weight excluding hydrogens is 548 g/mol. The molecule has 0 radical (unpaired) electrons. The Bertz CT molecular complexity index is 1240. The number of ether oxygens (including phenoxy) is 4. The summed E-state index contributed by atoms with van der Waals surface area (Å²) < 4.78 is 24.1. The second kappa shape index (κ2) is 14.4. The van der Waals surface area contributed by atoms with Crippen molar-refractivity contribution < 1.29 is 33.6 Å². The van der Waals surface area contributed by atoms with Crippen LogP contribution < -0.4 is 14.8 Å². The van der Waals surface area contributed by atoms with Gasteiger partial charge < -0.3 is 34.3 Å². The van der Waals surface area contributed by atoms with Crippen molar-refractivity contribution in [2.45, 2.75) is 96.9 Å². The van der Waals surface area contributed by atoms with Crippen LogP contribution in [-0.2, 0) is 14.3 Å². The van der Waals surface area contributed by atoms with Gasteiger partial charge in [0.25, 0.3) is 0 Å². The molecule has 0 unspecified atom stereocenters. The first-order chi connectivity index (χ1) is 20.7. The fourth-order valence-electron chi connectivity index (χ4n) is 6.03. The number of hydrogen-bond acceptors (Lipinski definition) is 6. The van der Waals surface area contributed by atoms with Crippen LogP contribution in [0.5, 0.6) is 11.5 Å². The van der Waals surface area contributed by atoms with E-state index >= 15 is 0 Å². The normalized spacial score (nSPS) is 20.9. The molecule has 2 amide bonds. The lowest BCUT2D eigenvalue weighted by atomic mass is 9.74. The molecule has 2 saturated carbocycles. The summed E-state index contributed by atoms with van der Waals surface area (Å²) in [5.74, 6) is 0.967.